The topological polar surface area (TPSA) is 77.2 Å². The van der Waals surface area contributed by atoms with Crippen LogP contribution < -0.4 is 10.1 Å². The third-order valence-corrected chi connectivity index (χ3v) is 4.89. The lowest BCUT2D eigenvalue weighted by Crippen LogP contribution is -2.31. The van der Waals surface area contributed by atoms with Crippen molar-refractivity contribution in [3.05, 3.63) is 90.0 Å². The number of hydrogen-bond donors (Lipinski definition) is 1. The second kappa shape index (κ2) is 9.26. The molecule has 0 bridgehead atoms. The minimum absolute atomic E-state index is 0.111. The van der Waals surface area contributed by atoms with Crippen LogP contribution in [0.15, 0.2) is 83.4 Å². The zero-order valence-electron chi connectivity index (χ0n) is 17.4. The first kappa shape index (κ1) is 20.3. The molecule has 4 aromatic rings. The molecular weight excluding hydrogens is 390 g/mol. The molecule has 6 nitrogen and oxygen atoms in total. The first-order chi connectivity index (χ1) is 15.1. The van der Waals surface area contributed by atoms with Crippen molar-refractivity contribution in [3.63, 3.8) is 0 Å². The minimum atomic E-state index is -0.211. The number of carbonyl (C=O) groups is 1. The summed E-state index contributed by atoms with van der Waals surface area (Å²) in [4.78, 5) is 16.9. The third-order valence-electron chi connectivity index (χ3n) is 4.89. The Morgan fingerprint density at radius 1 is 1.00 bits per heavy atom. The van der Waals surface area contributed by atoms with Crippen LogP contribution in [0.4, 0.5) is 0 Å². The highest BCUT2D eigenvalue weighted by atomic mass is 16.5. The van der Waals surface area contributed by atoms with Crippen molar-refractivity contribution in [3.8, 4) is 28.6 Å². The Morgan fingerprint density at radius 3 is 2.48 bits per heavy atom. The number of aromatic nitrogens is 2. The molecule has 0 unspecified atom stereocenters. The van der Waals surface area contributed by atoms with E-state index in [2.05, 4.69) is 15.5 Å². The zero-order valence-corrected chi connectivity index (χ0v) is 17.4. The Bertz CT molecular complexity index is 1150. The molecular formula is C25H23N3O3. The Kier molecular flexibility index (Phi) is 6.08. The molecule has 3 aromatic carbocycles. The molecule has 0 saturated heterocycles. The lowest BCUT2D eigenvalue weighted by Gasteiger charge is -2.15. The molecule has 0 saturated carbocycles. The third kappa shape index (κ3) is 4.98. The van der Waals surface area contributed by atoms with Crippen molar-refractivity contribution in [2.75, 3.05) is 6.61 Å². The quantitative estimate of drug-likeness (QED) is 0.463. The van der Waals surface area contributed by atoms with Gasteiger partial charge < -0.3 is 14.6 Å². The molecule has 31 heavy (non-hydrogen) atoms. The Labute approximate surface area is 180 Å². The van der Waals surface area contributed by atoms with Gasteiger partial charge in [-0.2, -0.15) is 4.98 Å². The Hall–Kier alpha value is -3.93. The minimum Gasteiger partial charge on any atom is -0.483 e. The van der Waals surface area contributed by atoms with Crippen LogP contribution in [-0.2, 0) is 4.79 Å². The van der Waals surface area contributed by atoms with E-state index in [4.69, 9.17) is 9.26 Å². The van der Waals surface area contributed by atoms with E-state index in [1.54, 1.807) is 6.07 Å². The molecule has 1 heterocycles. The molecule has 6 heteroatoms. The molecule has 0 aliphatic carbocycles. The Balaban J connectivity index is 1.44. The van der Waals surface area contributed by atoms with Crippen LogP contribution in [0.25, 0.3) is 22.8 Å². The number of nitrogens with one attached hydrogen (secondary N) is 1. The second-order valence-corrected chi connectivity index (χ2v) is 7.27. The summed E-state index contributed by atoms with van der Waals surface area (Å²) in [5, 5.41) is 7.02. The first-order valence-electron chi connectivity index (χ1n) is 10.1. The number of rotatable bonds is 7. The van der Waals surface area contributed by atoms with Crippen molar-refractivity contribution in [1.82, 2.24) is 15.5 Å². The van der Waals surface area contributed by atoms with Gasteiger partial charge in [-0.05, 0) is 31.5 Å². The monoisotopic (exact) mass is 413 g/mol. The SMILES string of the molecule is Cc1ccc(-c2noc(-c3ccccc3OCC(=O)N[C@@H](C)c3ccccc3)n2)cc1. The fourth-order valence-electron chi connectivity index (χ4n) is 3.17. The van der Waals surface area contributed by atoms with E-state index < -0.39 is 0 Å². The van der Waals surface area contributed by atoms with Gasteiger partial charge in [-0.3, -0.25) is 4.79 Å². The highest BCUT2D eigenvalue weighted by Gasteiger charge is 2.16. The van der Waals surface area contributed by atoms with Crippen molar-refractivity contribution < 1.29 is 14.1 Å². The molecule has 0 spiro atoms. The van der Waals surface area contributed by atoms with Crippen molar-refractivity contribution >= 4 is 5.91 Å². The molecule has 1 aromatic heterocycles. The van der Waals surface area contributed by atoms with Gasteiger partial charge >= 0.3 is 0 Å². The van der Waals surface area contributed by atoms with E-state index in [0.717, 1.165) is 16.7 Å². The van der Waals surface area contributed by atoms with Crippen LogP contribution in [0.5, 0.6) is 5.75 Å². The van der Waals surface area contributed by atoms with E-state index >= 15 is 0 Å². The summed E-state index contributed by atoms with van der Waals surface area (Å²) in [6.45, 7) is 3.84. The second-order valence-electron chi connectivity index (χ2n) is 7.27. The average Bonchev–Trinajstić information content (AvgIpc) is 3.29. The molecule has 156 valence electrons. The van der Waals surface area contributed by atoms with Crippen LogP contribution >= 0.6 is 0 Å². The summed E-state index contributed by atoms with van der Waals surface area (Å²) >= 11 is 0. The lowest BCUT2D eigenvalue weighted by atomic mass is 10.1. The zero-order chi connectivity index (χ0) is 21.6. The fourth-order valence-corrected chi connectivity index (χ4v) is 3.17. The summed E-state index contributed by atoms with van der Waals surface area (Å²) in [5.41, 5.74) is 3.70. The highest BCUT2D eigenvalue weighted by molar-refractivity contribution is 5.78. The number of ether oxygens (including phenoxy) is 1. The maximum Gasteiger partial charge on any atom is 0.262 e. The fraction of sp³-hybridized carbons (Fsp3) is 0.160. The number of para-hydroxylation sites is 1. The molecule has 1 amide bonds. The van der Waals surface area contributed by atoms with Crippen LogP contribution in [-0.4, -0.2) is 22.7 Å². The van der Waals surface area contributed by atoms with Crippen molar-refractivity contribution in [2.45, 2.75) is 19.9 Å². The summed E-state index contributed by atoms with van der Waals surface area (Å²) in [7, 11) is 0. The number of hydrogen-bond acceptors (Lipinski definition) is 5. The van der Waals surface area contributed by atoms with Crippen molar-refractivity contribution in [1.29, 1.82) is 0 Å². The molecule has 0 aliphatic heterocycles. The number of benzene rings is 3. The maximum atomic E-state index is 12.4. The van der Waals surface area contributed by atoms with Gasteiger partial charge in [0.15, 0.2) is 6.61 Å². The molecule has 0 aliphatic rings. The van der Waals surface area contributed by atoms with Crippen molar-refractivity contribution in [2.24, 2.45) is 0 Å². The van der Waals surface area contributed by atoms with E-state index in [1.165, 1.54) is 0 Å². The first-order valence-corrected chi connectivity index (χ1v) is 10.1. The van der Waals surface area contributed by atoms with E-state index in [9.17, 15) is 4.79 Å². The number of nitrogens with zero attached hydrogens (tertiary/aromatic N) is 2. The van der Waals surface area contributed by atoms with Gasteiger partial charge in [0.05, 0.1) is 11.6 Å². The molecule has 0 fully saturated rings. The highest BCUT2D eigenvalue weighted by Crippen LogP contribution is 2.30. The molecule has 1 N–H and O–H groups in total. The largest absolute Gasteiger partial charge is 0.483 e. The summed E-state index contributed by atoms with van der Waals surface area (Å²) < 4.78 is 11.2. The Morgan fingerprint density at radius 2 is 1.71 bits per heavy atom. The van der Waals surface area contributed by atoms with Gasteiger partial charge in [-0.15, -0.1) is 0 Å². The van der Waals surface area contributed by atoms with E-state index in [1.807, 2.05) is 86.6 Å². The van der Waals surface area contributed by atoms with Gasteiger partial charge in [-0.1, -0.05) is 77.5 Å². The summed E-state index contributed by atoms with van der Waals surface area (Å²) in [6.07, 6.45) is 0. The predicted molar refractivity (Wildman–Crippen MR) is 118 cm³/mol. The molecule has 4 rings (SSSR count). The number of amides is 1. The number of carbonyl (C=O) groups excluding carboxylic acids is 1. The maximum absolute atomic E-state index is 12.4. The molecule has 1 atom stereocenters. The van der Waals surface area contributed by atoms with Gasteiger partial charge in [-0.25, -0.2) is 0 Å². The average molecular weight is 413 g/mol. The molecule has 0 radical (unpaired) electrons. The smallest absolute Gasteiger partial charge is 0.262 e. The van der Waals surface area contributed by atoms with Crippen LogP contribution in [0.1, 0.15) is 24.1 Å². The normalized spacial score (nSPS) is 11.7. The lowest BCUT2D eigenvalue weighted by molar-refractivity contribution is -0.123. The van der Waals surface area contributed by atoms with Gasteiger partial charge in [0.25, 0.3) is 11.8 Å². The van der Waals surface area contributed by atoms with Crippen LogP contribution in [0, 0.1) is 6.92 Å². The van der Waals surface area contributed by atoms with Crippen LogP contribution in [0.3, 0.4) is 0 Å². The van der Waals surface area contributed by atoms with E-state index in [-0.39, 0.29) is 18.6 Å². The van der Waals surface area contributed by atoms with Gasteiger partial charge in [0, 0.05) is 5.56 Å². The van der Waals surface area contributed by atoms with E-state index in [0.29, 0.717) is 23.0 Å². The predicted octanol–water partition coefficient (Wildman–Crippen LogP) is 4.97. The standard InChI is InChI=1S/C25H23N3O3/c1-17-12-14-20(15-13-17)24-27-25(31-28-24)21-10-6-7-11-22(21)30-16-23(29)26-18(2)19-8-4-3-5-9-19/h3-15,18H,16H2,1-2H3,(H,26,29)/t18-/m0/s1. The summed E-state index contributed by atoms with van der Waals surface area (Å²) in [6, 6.07) is 24.9. The summed E-state index contributed by atoms with van der Waals surface area (Å²) in [5.74, 6) is 1.13. The van der Waals surface area contributed by atoms with Gasteiger partial charge in [0.2, 0.25) is 5.82 Å². The van der Waals surface area contributed by atoms with Gasteiger partial charge in [0.1, 0.15) is 5.75 Å². The number of aryl methyl sites for hydroxylation is 1. The van der Waals surface area contributed by atoms with Crippen LogP contribution in [0.2, 0.25) is 0 Å².